The van der Waals surface area contributed by atoms with Crippen LogP contribution in [0.5, 0.6) is 0 Å². The minimum absolute atomic E-state index is 0.225. The molecule has 4 aliphatic rings. The summed E-state index contributed by atoms with van der Waals surface area (Å²) in [5.74, 6) is 1.62. The highest BCUT2D eigenvalue weighted by molar-refractivity contribution is 7.92. The molecule has 0 radical (unpaired) electrons. The van der Waals surface area contributed by atoms with Gasteiger partial charge in [-0.15, -0.1) is 0 Å². The first-order valence-electron chi connectivity index (χ1n) is 12.2. The highest BCUT2D eigenvalue weighted by atomic mass is 32.2. The zero-order valence-electron chi connectivity index (χ0n) is 19.6. The van der Waals surface area contributed by atoms with E-state index < -0.39 is 14.6 Å². The Morgan fingerprint density at radius 1 is 1.13 bits per heavy atom. The molecule has 1 N–H and O–H groups in total. The van der Waals surface area contributed by atoms with Crippen LogP contribution in [0.1, 0.15) is 78.1 Å². The highest BCUT2D eigenvalue weighted by Gasteiger charge is 2.52. The highest BCUT2D eigenvalue weighted by Crippen LogP contribution is 2.59. The van der Waals surface area contributed by atoms with Crippen molar-refractivity contribution < 1.29 is 13.5 Å². The van der Waals surface area contributed by atoms with Gasteiger partial charge < -0.3 is 5.11 Å². The van der Waals surface area contributed by atoms with E-state index in [0.717, 1.165) is 32.1 Å². The number of allylic oxidation sites excluding steroid dienone is 5. The Labute approximate surface area is 189 Å². The standard InChI is InChI=1S/C27H40O3S/c1-19-7-10-23(28)18-22(19)9-8-21-6-5-14-26(3)24(11-12-25(21)26)20(2)13-15-27(16-17-27)31(4,29)30/h8-9,13,15,20,23-25,28H,1,5-7,10-12,14,16-18H2,2-4H3/b15-13+,21-8+,22-9-. The molecule has 4 fully saturated rings. The van der Waals surface area contributed by atoms with Gasteiger partial charge in [-0.2, -0.15) is 0 Å². The molecule has 4 aliphatic carbocycles. The third-order valence-corrected chi connectivity index (χ3v) is 11.1. The van der Waals surface area contributed by atoms with Crippen LogP contribution in [0.25, 0.3) is 0 Å². The monoisotopic (exact) mass is 444 g/mol. The van der Waals surface area contributed by atoms with E-state index >= 15 is 0 Å². The van der Waals surface area contributed by atoms with Crippen molar-refractivity contribution in [3.63, 3.8) is 0 Å². The molecule has 172 valence electrons. The summed E-state index contributed by atoms with van der Waals surface area (Å²) >= 11 is 0. The predicted molar refractivity (Wildman–Crippen MR) is 128 cm³/mol. The number of hydrogen-bond donors (Lipinski definition) is 1. The van der Waals surface area contributed by atoms with Crippen molar-refractivity contribution in [1.29, 1.82) is 0 Å². The second-order valence-corrected chi connectivity index (χ2v) is 13.4. The smallest absolute Gasteiger partial charge is 0.156 e. The molecule has 0 aromatic rings. The van der Waals surface area contributed by atoms with Crippen molar-refractivity contribution in [2.24, 2.45) is 23.2 Å². The lowest BCUT2D eigenvalue weighted by atomic mass is 9.61. The van der Waals surface area contributed by atoms with Crippen LogP contribution in [0.15, 0.2) is 47.6 Å². The van der Waals surface area contributed by atoms with Gasteiger partial charge in [-0.3, -0.25) is 0 Å². The van der Waals surface area contributed by atoms with E-state index in [1.165, 1.54) is 49.5 Å². The number of fused-ring (bicyclic) bond motifs is 1. The summed E-state index contributed by atoms with van der Waals surface area (Å²) in [5, 5.41) is 10.0. The SMILES string of the molecule is C=C1CCC(O)C/C1=C/C=C1\CCCC2(C)C1CCC2C(C)/C=C/C1(S(C)(=O)=O)CC1. The average Bonchev–Trinajstić information content (AvgIpc) is 3.42. The third-order valence-electron chi connectivity index (χ3n) is 9.04. The molecule has 4 saturated carbocycles. The number of sulfone groups is 1. The normalized spacial score (nSPS) is 39.2. The van der Waals surface area contributed by atoms with E-state index in [1.54, 1.807) is 5.57 Å². The van der Waals surface area contributed by atoms with Gasteiger partial charge in [0.2, 0.25) is 0 Å². The Kier molecular flexibility index (Phi) is 6.20. The molecule has 0 saturated heterocycles. The van der Waals surface area contributed by atoms with Gasteiger partial charge in [0.25, 0.3) is 0 Å². The predicted octanol–water partition coefficient (Wildman–Crippen LogP) is 5.93. The fourth-order valence-corrected chi connectivity index (χ4v) is 7.95. The largest absolute Gasteiger partial charge is 0.393 e. The van der Waals surface area contributed by atoms with Crippen molar-refractivity contribution in [2.75, 3.05) is 6.26 Å². The van der Waals surface area contributed by atoms with Crippen LogP contribution in [0, 0.1) is 23.2 Å². The van der Waals surface area contributed by atoms with E-state index in [4.69, 9.17) is 0 Å². The molecule has 0 aromatic carbocycles. The Balaban J connectivity index is 1.51. The first kappa shape index (κ1) is 23.0. The Bertz CT molecular complexity index is 918. The molecular formula is C27H40O3S. The fraction of sp³-hybridized carbons (Fsp3) is 0.704. The van der Waals surface area contributed by atoms with Crippen molar-refractivity contribution >= 4 is 9.84 Å². The summed E-state index contributed by atoms with van der Waals surface area (Å²) in [4.78, 5) is 0. The van der Waals surface area contributed by atoms with Crippen LogP contribution in [0.4, 0.5) is 0 Å². The molecule has 4 rings (SSSR count). The van der Waals surface area contributed by atoms with E-state index in [0.29, 0.717) is 17.8 Å². The molecule has 0 aliphatic heterocycles. The molecule has 0 heterocycles. The second kappa shape index (κ2) is 8.33. The van der Waals surface area contributed by atoms with Gasteiger partial charge in [-0.25, -0.2) is 8.42 Å². The van der Waals surface area contributed by atoms with Gasteiger partial charge in [-0.1, -0.05) is 55.9 Å². The van der Waals surface area contributed by atoms with Gasteiger partial charge in [0.05, 0.1) is 10.9 Å². The van der Waals surface area contributed by atoms with Crippen LogP contribution in [-0.4, -0.2) is 30.6 Å². The zero-order valence-corrected chi connectivity index (χ0v) is 20.4. The van der Waals surface area contributed by atoms with Crippen LogP contribution in [-0.2, 0) is 9.84 Å². The van der Waals surface area contributed by atoms with Crippen LogP contribution in [0.3, 0.4) is 0 Å². The summed E-state index contributed by atoms with van der Waals surface area (Å²) in [5.41, 5.74) is 4.27. The second-order valence-electron chi connectivity index (χ2n) is 11.1. The number of hydrogen-bond acceptors (Lipinski definition) is 3. The lowest BCUT2D eigenvalue weighted by Gasteiger charge is -2.44. The summed E-state index contributed by atoms with van der Waals surface area (Å²) < 4.78 is 23.7. The van der Waals surface area contributed by atoms with E-state index in [2.05, 4.69) is 38.7 Å². The fourth-order valence-electron chi connectivity index (χ4n) is 6.78. The van der Waals surface area contributed by atoms with Gasteiger partial charge in [0, 0.05) is 6.26 Å². The Morgan fingerprint density at radius 3 is 2.55 bits per heavy atom. The molecule has 0 bridgehead atoms. The average molecular weight is 445 g/mol. The van der Waals surface area contributed by atoms with Crippen LogP contribution < -0.4 is 0 Å². The molecular weight excluding hydrogens is 404 g/mol. The van der Waals surface area contributed by atoms with Gasteiger partial charge in [0.15, 0.2) is 9.84 Å². The van der Waals surface area contributed by atoms with Crippen LogP contribution >= 0.6 is 0 Å². The maximum Gasteiger partial charge on any atom is 0.156 e. The zero-order chi connectivity index (χ0) is 22.4. The van der Waals surface area contributed by atoms with Gasteiger partial charge in [0.1, 0.15) is 0 Å². The first-order chi connectivity index (χ1) is 14.6. The molecule has 0 amide bonds. The topological polar surface area (TPSA) is 54.4 Å². The Morgan fingerprint density at radius 2 is 1.87 bits per heavy atom. The van der Waals surface area contributed by atoms with Crippen molar-refractivity contribution in [3.8, 4) is 0 Å². The molecule has 5 unspecified atom stereocenters. The minimum Gasteiger partial charge on any atom is -0.393 e. The van der Waals surface area contributed by atoms with Gasteiger partial charge >= 0.3 is 0 Å². The molecule has 31 heavy (non-hydrogen) atoms. The number of aliphatic hydroxyl groups is 1. The third kappa shape index (κ3) is 4.39. The van der Waals surface area contributed by atoms with Crippen molar-refractivity contribution in [3.05, 3.63) is 47.6 Å². The molecule has 3 nitrogen and oxygen atoms in total. The summed E-state index contributed by atoms with van der Waals surface area (Å²) in [6.07, 6.45) is 20.1. The minimum atomic E-state index is -3.01. The summed E-state index contributed by atoms with van der Waals surface area (Å²) in [6.45, 7) is 8.98. The molecule has 0 aromatic heterocycles. The maximum atomic E-state index is 12.1. The summed E-state index contributed by atoms with van der Waals surface area (Å²) in [7, 11) is -3.01. The molecule has 0 spiro atoms. The van der Waals surface area contributed by atoms with Crippen molar-refractivity contribution in [1.82, 2.24) is 0 Å². The lowest BCUT2D eigenvalue weighted by molar-refractivity contribution is 0.112. The van der Waals surface area contributed by atoms with Gasteiger partial charge in [-0.05, 0) is 93.0 Å². The quantitative estimate of drug-likeness (QED) is 0.535. The van der Waals surface area contributed by atoms with Crippen LogP contribution in [0.2, 0.25) is 0 Å². The first-order valence-corrected chi connectivity index (χ1v) is 14.1. The van der Waals surface area contributed by atoms with E-state index in [-0.39, 0.29) is 11.5 Å². The van der Waals surface area contributed by atoms with E-state index in [9.17, 15) is 13.5 Å². The van der Waals surface area contributed by atoms with E-state index in [1.807, 2.05) is 6.08 Å². The Hall–Kier alpha value is -1.13. The van der Waals surface area contributed by atoms with Crippen molar-refractivity contribution in [2.45, 2.75) is 88.9 Å². The molecule has 4 heteroatoms. The summed E-state index contributed by atoms with van der Waals surface area (Å²) in [6, 6.07) is 0. The lowest BCUT2D eigenvalue weighted by Crippen LogP contribution is -2.35. The number of rotatable bonds is 5. The maximum absolute atomic E-state index is 12.1. The molecule has 5 atom stereocenters. The number of aliphatic hydroxyl groups excluding tert-OH is 1.